The Morgan fingerprint density at radius 2 is 2.07 bits per heavy atom. The molecule has 15 heavy (non-hydrogen) atoms. The Morgan fingerprint density at radius 1 is 1.33 bits per heavy atom. The van der Waals surface area contributed by atoms with Crippen LogP contribution in [0.4, 0.5) is 0 Å². The fourth-order valence-electron chi connectivity index (χ4n) is 3.74. The summed E-state index contributed by atoms with van der Waals surface area (Å²) in [6.45, 7) is 4.58. The number of nitrogens with zero attached hydrogens (tertiary/aromatic N) is 1. The summed E-state index contributed by atoms with van der Waals surface area (Å²) in [5.41, 5.74) is 0.578. The maximum absolute atomic E-state index is 5.13. The lowest BCUT2D eigenvalue weighted by atomic mass is 9.77. The molecule has 0 aromatic rings. The zero-order valence-corrected chi connectivity index (χ0v) is 9.67. The second-order valence-corrected chi connectivity index (χ2v) is 5.35. The third-order valence-electron chi connectivity index (χ3n) is 4.65. The maximum atomic E-state index is 5.13. The molecule has 0 aromatic carbocycles. The number of methoxy groups -OCH3 is 1. The van der Waals surface area contributed by atoms with Gasteiger partial charge in [-0.05, 0) is 44.7 Å². The first kappa shape index (κ1) is 10.1. The van der Waals surface area contributed by atoms with E-state index in [1.54, 1.807) is 7.11 Å². The SMILES string of the molecule is COCCNC1C2CCN(CC2)C12CC2. The smallest absolute Gasteiger partial charge is 0.0587 e. The molecular weight excluding hydrogens is 188 g/mol. The van der Waals surface area contributed by atoms with Crippen LogP contribution in [0.25, 0.3) is 0 Å². The minimum absolute atomic E-state index is 0.578. The molecule has 0 radical (unpaired) electrons. The summed E-state index contributed by atoms with van der Waals surface area (Å²) >= 11 is 0. The number of nitrogens with one attached hydrogen (secondary N) is 1. The number of fused-ring (bicyclic) bond motifs is 2. The Hall–Kier alpha value is -0.120. The zero-order chi connectivity index (χ0) is 10.3. The van der Waals surface area contributed by atoms with E-state index in [0.717, 1.165) is 25.1 Å². The quantitative estimate of drug-likeness (QED) is 0.696. The first-order valence-electron chi connectivity index (χ1n) is 6.34. The molecule has 2 bridgehead atoms. The van der Waals surface area contributed by atoms with Crippen molar-refractivity contribution in [3.05, 3.63) is 0 Å². The van der Waals surface area contributed by atoms with E-state index in [4.69, 9.17) is 4.74 Å². The first-order chi connectivity index (χ1) is 7.37. The molecule has 1 unspecified atom stereocenters. The van der Waals surface area contributed by atoms with Crippen LogP contribution in [0.5, 0.6) is 0 Å². The molecule has 1 aliphatic carbocycles. The van der Waals surface area contributed by atoms with Crippen molar-refractivity contribution < 1.29 is 4.74 Å². The summed E-state index contributed by atoms with van der Waals surface area (Å²) < 4.78 is 5.13. The molecule has 86 valence electrons. The molecule has 4 rings (SSSR count). The van der Waals surface area contributed by atoms with Gasteiger partial charge in [-0.1, -0.05) is 0 Å². The van der Waals surface area contributed by atoms with Crippen LogP contribution in [-0.2, 0) is 4.74 Å². The molecule has 1 N–H and O–H groups in total. The Morgan fingerprint density at radius 3 is 2.67 bits per heavy atom. The van der Waals surface area contributed by atoms with Gasteiger partial charge in [0.25, 0.3) is 0 Å². The molecule has 1 spiro atoms. The predicted octanol–water partition coefficient (Wildman–Crippen LogP) is 0.849. The van der Waals surface area contributed by atoms with E-state index in [9.17, 15) is 0 Å². The van der Waals surface area contributed by atoms with Gasteiger partial charge in [-0.25, -0.2) is 0 Å². The molecule has 0 amide bonds. The monoisotopic (exact) mass is 210 g/mol. The van der Waals surface area contributed by atoms with E-state index in [0.29, 0.717) is 5.54 Å². The van der Waals surface area contributed by atoms with Crippen molar-refractivity contribution in [2.75, 3.05) is 33.4 Å². The van der Waals surface area contributed by atoms with Gasteiger partial charge < -0.3 is 10.1 Å². The van der Waals surface area contributed by atoms with Crippen molar-refractivity contribution in [2.45, 2.75) is 37.3 Å². The summed E-state index contributed by atoms with van der Waals surface area (Å²) in [5, 5.41) is 3.74. The van der Waals surface area contributed by atoms with Gasteiger partial charge in [-0.3, -0.25) is 4.90 Å². The highest BCUT2D eigenvalue weighted by atomic mass is 16.5. The molecular formula is C12H22N2O. The molecule has 3 nitrogen and oxygen atoms in total. The standard InChI is InChI=1S/C12H22N2O/c1-15-9-6-13-11-10-2-7-14(8-3-10)12(11)4-5-12/h10-11,13H,2-9H2,1H3. The highest BCUT2D eigenvalue weighted by Crippen LogP contribution is 2.53. The van der Waals surface area contributed by atoms with Crippen LogP contribution in [0.2, 0.25) is 0 Å². The van der Waals surface area contributed by atoms with Crippen molar-refractivity contribution in [1.29, 1.82) is 0 Å². The third-order valence-corrected chi connectivity index (χ3v) is 4.65. The van der Waals surface area contributed by atoms with Crippen LogP contribution in [0.15, 0.2) is 0 Å². The lowest BCUT2D eigenvalue weighted by Crippen LogP contribution is -2.64. The fourth-order valence-corrected chi connectivity index (χ4v) is 3.74. The average molecular weight is 210 g/mol. The van der Waals surface area contributed by atoms with Gasteiger partial charge in [-0.2, -0.15) is 0 Å². The van der Waals surface area contributed by atoms with Crippen molar-refractivity contribution in [2.24, 2.45) is 5.92 Å². The van der Waals surface area contributed by atoms with E-state index in [1.165, 1.54) is 38.8 Å². The van der Waals surface area contributed by atoms with E-state index in [1.807, 2.05) is 0 Å². The fraction of sp³-hybridized carbons (Fsp3) is 1.00. The lowest BCUT2D eigenvalue weighted by Gasteiger charge is -2.52. The van der Waals surface area contributed by atoms with Gasteiger partial charge >= 0.3 is 0 Å². The number of piperidine rings is 3. The van der Waals surface area contributed by atoms with Crippen molar-refractivity contribution in [1.82, 2.24) is 10.2 Å². The van der Waals surface area contributed by atoms with Gasteiger partial charge in [-0.15, -0.1) is 0 Å². The topological polar surface area (TPSA) is 24.5 Å². The minimum atomic E-state index is 0.578. The Kier molecular flexibility index (Phi) is 2.49. The Labute approximate surface area is 92.2 Å². The first-order valence-corrected chi connectivity index (χ1v) is 6.34. The summed E-state index contributed by atoms with van der Waals surface area (Å²) in [6.07, 6.45) is 5.67. The van der Waals surface area contributed by atoms with Gasteiger partial charge in [0.1, 0.15) is 0 Å². The molecule has 3 heteroatoms. The van der Waals surface area contributed by atoms with Crippen LogP contribution < -0.4 is 5.32 Å². The van der Waals surface area contributed by atoms with E-state index < -0.39 is 0 Å². The van der Waals surface area contributed by atoms with Crippen LogP contribution in [0, 0.1) is 5.92 Å². The molecule has 3 aliphatic heterocycles. The number of ether oxygens (including phenoxy) is 1. The third kappa shape index (κ3) is 1.52. The van der Waals surface area contributed by atoms with E-state index in [2.05, 4.69) is 10.2 Å². The largest absolute Gasteiger partial charge is 0.383 e. The normalized spacial score (nSPS) is 41.0. The van der Waals surface area contributed by atoms with Crippen LogP contribution in [0.3, 0.4) is 0 Å². The Bertz CT molecular complexity index is 232. The van der Waals surface area contributed by atoms with E-state index >= 15 is 0 Å². The molecule has 3 heterocycles. The van der Waals surface area contributed by atoms with E-state index in [-0.39, 0.29) is 0 Å². The van der Waals surface area contributed by atoms with Crippen LogP contribution in [-0.4, -0.2) is 49.8 Å². The summed E-state index contributed by atoms with van der Waals surface area (Å²) in [4.78, 5) is 2.75. The predicted molar refractivity (Wildman–Crippen MR) is 59.9 cm³/mol. The Balaban J connectivity index is 1.65. The second-order valence-electron chi connectivity index (χ2n) is 5.35. The highest BCUT2D eigenvalue weighted by molar-refractivity contribution is 5.18. The zero-order valence-electron chi connectivity index (χ0n) is 9.67. The molecule has 4 aliphatic rings. The molecule has 1 saturated carbocycles. The summed E-state index contributed by atoms with van der Waals surface area (Å²) in [6, 6.07) is 0.759. The molecule has 3 saturated heterocycles. The van der Waals surface area contributed by atoms with Gasteiger partial charge in [0.2, 0.25) is 0 Å². The van der Waals surface area contributed by atoms with Crippen molar-refractivity contribution in [3.8, 4) is 0 Å². The number of hydrogen-bond donors (Lipinski definition) is 1. The summed E-state index contributed by atoms with van der Waals surface area (Å²) in [5.74, 6) is 0.939. The molecule has 1 atom stereocenters. The van der Waals surface area contributed by atoms with Gasteiger partial charge in [0.15, 0.2) is 0 Å². The van der Waals surface area contributed by atoms with Crippen LogP contribution in [0.1, 0.15) is 25.7 Å². The highest BCUT2D eigenvalue weighted by Gasteiger charge is 2.59. The number of hydrogen-bond acceptors (Lipinski definition) is 3. The molecule has 4 fully saturated rings. The molecule has 0 aromatic heterocycles. The maximum Gasteiger partial charge on any atom is 0.0587 e. The van der Waals surface area contributed by atoms with Crippen LogP contribution >= 0.6 is 0 Å². The average Bonchev–Trinajstić information content (AvgIpc) is 3.05. The van der Waals surface area contributed by atoms with Gasteiger partial charge in [0.05, 0.1) is 6.61 Å². The van der Waals surface area contributed by atoms with Crippen molar-refractivity contribution in [3.63, 3.8) is 0 Å². The van der Waals surface area contributed by atoms with Crippen molar-refractivity contribution >= 4 is 0 Å². The minimum Gasteiger partial charge on any atom is -0.383 e. The van der Waals surface area contributed by atoms with Gasteiger partial charge in [0, 0.05) is 25.2 Å². The summed E-state index contributed by atoms with van der Waals surface area (Å²) in [7, 11) is 1.78. The lowest BCUT2D eigenvalue weighted by molar-refractivity contribution is -0.00463. The second kappa shape index (κ2) is 3.72. The number of rotatable bonds is 4.